The molecule has 0 spiro atoms. The molecule has 0 aliphatic heterocycles. The monoisotopic (exact) mass is 172 g/mol. The van der Waals surface area contributed by atoms with Gasteiger partial charge in [-0.25, -0.2) is 0 Å². The summed E-state index contributed by atoms with van der Waals surface area (Å²) in [4.78, 5) is 10.4. The molecule has 1 unspecified atom stereocenters. The Kier molecular flexibility index (Phi) is 3.96. The molecule has 0 aliphatic carbocycles. The topological polar surface area (TPSA) is 57.5 Å². The lowest BCUT2D eigenvalue weighted by Gasteiger charge is -2.10. The molecule has 12 heavy (non-hydrogen) atoms. The zero-order chi connectivity index (χ0) is 9.78. The Bertz CT molecular complexity index is 177. The highest BCUT2D eigenvalue weighted by Gasteiger charge is 2.10. The van der Waals surface area contributed by atoms with E-state index in [1.165, 1.54) is 0 Å². The van der Waals surface area contributed by atoms with Gasteiger partial charge in [-0.15, -0.1) is 0 Å². The van der Waals surface area contributed by atoms with E-state index in [0.29, 0.717) is 6.42 Å². The number of rotatable bonds is 4. The summed E-state index contributed by atoms with van der Waals surface area (Å²) in [7, 11) is 0. The summed E-state index contributed by atoms with van der Waals surface area (Å²) in [5, 5.41) is 17.7. The third-order valence-corrected chi connectivity index (χ3v) is 1.44. The van der Waals surface area contributed by atoms with E-state index in [1.54, 1.807) is 32.9 Å². The number of carboxylic acid groups (broad SMARTS) is 1. The van der Waals surface area contributed by atoms with Gasteiger partial charge in [0.25, 0.3) is 0 Å². The smallest absolute Gasteiger partial charge is 0.306 e. The molecule has 0 saturated heterocycles. The first-order valence-electron chi connectivity index (χ1n) is 3.96. The predicted octanol–water partition coefficient (Wildman–Crippen LogP) is 1.42. The van der Waals surface area contributed by atoms with Gasteiger partial charge in [-0.3, -0.25) is 4.79 Å². The quantitative estimate of drug-likeness (QED) is 0.630. The van der Waals surface area contributed by atoms with Crippen LogP contribution in [0.4, 0.5) is 0 Å². The molecule has 2 N–H and O–H groups in total. The first-order valence-corrected chi connectivity index (χ1v) is 3.96. The minimum Gasteiger partial charge on any atom is -0.481 e. The van der Waals surface area contributed by atoms with Gasteiger partial charge in [-0.1, -0.05) is 19.1 Å². The Hall–Kier alpha value is -0.830. The molecule has 0 bridgehead atoms. The Morgan fingerprint density at radius 2 is 2.08 bits per heavy atom. The van der Waals surface area contributed by atoms with Gasteiger partial charge in [0.2, 0.25) is 0 Å². The maximum Gasteiger partial charge on any atom is 0.306 e. The first kappa shape index (κ1) is 11.2. The van der Waals surface area contributed by atoms with Crippen molar-refractivity contribution in [2.24, 2.45) is 5.92 Å². The van der Waals surface area contributed by atoms with Crippen LogP contribution in [0.3, 0.4) is 0 Å². The summed E-state index contributed by atoms with van der Waals surface area (Å²) in [5.74, 6) is -1.20. The fraction of sp³-hybridized carbons (Fsp3) is 0.667. The summed E-state index contributed by atoms with van der Waals surface area (Å²) in [6, 6.07) is 0. The summed E-state index contributed by atoms with van der Waals surface area (Å²) in [6.45, 7) is 4.93. The van der Waals surface area contributed by atoms with E-state index in [9.17, 15) is 9.90 Å². The van der Waals surface area contributed by atoms with Gasteiger partial charge in [-0.05, 0) is 20.3 Å². The lowest BCUT2D eigenvalue weighted by Crippen LogP contribution is -2.14. The van der Waals surface area contributed by atoms with Gasteiger partial charge >= 0.3 is 5.97 Å². The molecule has 0 amide bonds. The van der Waals surface area contributed by atoms with Crippen LogP contribution >= 0.6 is 0 Å². The van der Waals surface area contributed by atoms with Crippen molar-refractivity contribution in [1.82, 2.24) is 0 Å². The second-order valence-corrected chi connectivity index (χ2v) is 3.53. The summed E-state index contributed by atoms with van der Waals surface area (Å²) >= 11 is 0. The van der Waals surface area contributed by atoms with Crippen molar-refractivity contribution in [3.05, 3.63) is 12.2 Å². The van der Waals surface area contributed by atoms with Crippen molar-refractivity contribution in [2.75, 3.05) is 0 Å². The van der Waals surface area contributed by atoms with Crippen LogP contribution in [0.15, 0.2) is 12.2 Å². The van der Waals surface area contributed by atoms with Crippen molar-refractivity contribution in [2.45, 2.75) is 32.8 Å². The molecule has 0 saturated carbocycles. The van der Waals surface area contributed by atoms with Crippen molar-refractivity contribution in [1.29, 1.82) is 0 Å². The molecule has 3 nitrogen and oxygen atoms in total. The van der Waals surface area contributed by atoms with Crippen molar-refractivity contribution in [3.63, 3.8) is 0 Å². The second kappa shape index (κ2) is 4.26. The van der Waals surface area contributed by atoms with Crippen LogP contribution < -0.4 is 0 Å². The summed E-state index contributed by atoms with van der Waals surface area (Å²) in [5.41, 5.74) is -0.849. The lowest BCUT2D eigenvalue weighted by atomic mass is 10.0. The number of hydrogen-bond donors (Lipinski definition) is 2. The standard InChI is InChI=1S/C9H16O3/c1-7(8(10)11)5-4-6-9(2,3)12/h4,6-7,12H,5H2,1-3H3,(H,10,11)/b6-4+. The number of carboxylic acids is 1. The highest BCUT2D eigenvalue weighted by molar-refractivity contribution is 5.69. The SMILES string of the molecule is CC(C/C=C/C(C)(C)O)C(=O)O. The molecule has 1 atom stereocenters. The molecule has 70 valence electrons. The van der Waals surface area contributed by atoms with Crippen LogP contribution in [-0.2, 0) is 4.79 Å². The molecule has 0 radical (unpaired) electrons. The fourth-order valence-electron chi connectivity index (χ4n) is 0.661. The molecule has 3 heteroatoms. The normalized spacial score (nSPS) is 15.0. The molecular formula is C9H16O3. The zero-order valence-corrected chi connectivity index (χ0v) is 7.74. The number of allylic oxidation sites excluding steroid dienone is 1. The fourth-order valence-corrected chi connectivity index (χ4v) is 0.661. The van der Waals surface area contributed by atoms with Gasteiger partial charge in [0.05, 0.1) is 11.5 Å². The molecule has 0 aromatic rings. The van der Waals surface area contributed by atoms with Crippen LogP contribution in [0.5, 0.6) is 0 Å². The van der Waals surface area contributed by atoms with Crippen LogP contribution in [-0.4, -0.2) is 21.8 Å². The van der Waals surface area contributed by atoms with Gasteiger partial charge in [-0.2, -0.15) is 0 Å². The minimum absolute atomic E-state index is 0.386. The first-order chi connectivity index (χ1) is 5.33. The highest BCUT2D eigenvalue weighted by atomic mass is 16.4. The largest absolute Gasteiger partial charge is 0.481 e. The maximum atomic E-state index is 10.4. The third-order valence-electron chi connectivity index (χ3n) is 1.44. The Labute approximate surface area is 72.7 Å². The van der Waals surface area contributed by atoms with E-state index in [2.05, 4.69) is 0 Å². The number of aliphatic hydroxyl groups is 1. The molecule has 0 heterocycles. The number of aliphatic carboxylic acids is 1. The number of hydrogen-bond acceptors (Lipinski definition) is 2. The van der Waals surface area contributed by atoms with Gasteiger partial charge in [0.1, 0.15) is 0 Å². The van der Waals surface area contributed by atoms with Gasteiger partial charge in [0, 0.05) is 0 Å². The molecular weight excluding hydrogens is 156 g/mol. The predicted molar refractivity (Wildman–Crippen MR) is 46.9 cm³/mol. The average molecular weight is 172 g/mol. The van der Waals surface area contributed by atoms with Crippen LogP contribution in [0.1, 0.15) is 27.2 Å². The van der Waals surface area contributed by atoms with Gasteiger partial charge in [0.15, 0.2) is 0 Å². The highest BCUT2D eigenvalue weighted by Crippen LogP contribution is 2.07. The van der Waals surface area contributed by atoms with Crippen molar-refractivity contribution >= 4 is 5.97 Å². The Morgan fingerprint density at radius 1 is 1.58 bits per heavy atom. The summed E-state index contributed by atoms with van der Waals surface area (Å²) in [6.07, 6.45) is 3.75. The average Bonchev–Trinajstić information content (AvgIpc) is 1.84. The molecule has 0 aliphatic rings. The van der Waals surface area contributed by atoms with Gasteiger partial charge < -0.3 is 10.2 Å². The molecule has 0 rings (SSSR count). The maximum absolute atomic E-state index is 10.4. The van der Waals surface area contributed by atoms with E-state index in [4.69, 9.17) is 5.11 Å². The van der Waals surface area contributed by atoms with Crippen molar-refractivity contribution in [3.8, 4) is 0 Å². The van der Waals surface area contributed by atoms with Crippen LogP contribution in [0.25, 0.3) is 0 Å². The molecule has 0 aromatic carbocycles. The number of carbonyl (C=O) groups is 1. The Balaban J connectivity index is 3.83. The van der Waals surface area contributed by atoms with Crippen LogP contribution in [0, 0.1) is 5.92 Å². The van der Waals surface area contributed by atoms with E-state index in [0.717, 1.165) is 0 Å². The molecule has 0 aromatic heterocycles. The Morgan fingerprint density at radius 3 is 2.42 bits per heavy atom. The van der Waals surface area contributed by atoms with Crippen LogP contribution in [0.2, 0.25) is 0 Å². The van der Waals surface area contributed by atoms with E-state index in [1.807, 2.05) is 0 Å². The van der Waals surface area contributed by atoms with E-state index in [-0.39, 0.29) is 5.92 Å². The third kappa shape index (κ3) is 5.92. The zero-order valence-electron chi connectivity index (χ0n) is 7.74. The minimum atomic E-state index is -0.849. The molecule has 0 fully saturated rings. The lowest BCUT2D eigenvalue weighted by molar-refractivity contribution is -0.140. The van der Waals surface area contributed by atoms with E-state index < -0.39 is 11.6 Å². The second-order valence-electron chi connectivity index (χ2n) is 3.53. The van der Waals surface area contributed by atoms with Crippen molar-refractivity contribution < 1.29 is 15.0 Å². The summed E-state index contributed by atoms with van der Waals surface area (Å²) < 4.78 is 0. The van der Waals surface area contributed by atoms with E-state index >= 15 is 0 Å².